The molecule has 0 bridgehead atoms. The lowest BCUT2D eigenvalue weighted by Crippen LogP contribution is -2.28. The van der Waals surface area contributed by atoms with Crippen LogP contribution in [0.2, 0.25) is 0 Å². The molecule has 0 unspecified atom stereocenters. The second kappa shape index (κ2) is 7.38. The van der Waals surface area contributed by atoms with E-state index in [1.807, 2.05) is 50.2 Å². The summed E-state index contributed by atoms with van der Waals surface area (Å²) in [5, 5.41) is 8.99. The Kier molecular flexibility index (Phi) is 5.03. The van der Waals surface area contributed by atoms with Crippen LogP contribution in [0.25, 0.3) is 0 Å². The minimum atomic E-state index is -0.144. The molecule has 0 atom stereocenters. The molecular weight excluding hydrogens is 314 g/mol. The molecular formula is C20H23N3O2. The summed E-state index contributed by atoms with van der Waals surface area (Å²) in [6, 6.07) is 13.4. The molecule has 0 aliphatic heterocycles. The van der Waals surface area contributed by atoms with E-state index in [0.29, 0.717) is 17.3 Å². The first-order chi connectivity index (χ1) is 12.0. The van der Waals surface area contributed by atoms with Crippen molar-refractivity contribution in [2.24, 2.45) is 0 Å². The van der Waals surface area contributed by atoms with Gasteiger partial charge in [-0.2, -0.15) is 0 Å². The topological polar surface area (TPSA) is 70.2 Å². The summed E-state index contributed by atoms with van der Waals surface area (Å²) in [5.41, 5.74) is 4.12. The van der Waals surface area contributed by atoms with E-state index in [9.17, 15) is 9.59 Å². The van der Waals surface area contributed by atoms with E-state index in [2.05, 4.69) is 16.0 Å². The van der Waals surface area contributed by atoms with Gasteiger partial charge in [0, 0.05) is 17.4 Å². The summed E-state index contributed by atoms with van der Waals surface area (Å²) in [5.74, 6) is -0.240. The van der Waals surface area contributed by atoms with Crippen LogP contribution < -0.4 is 16.0 Å². The van der Waals surface area contributed by atoms with E-state index < -0.39 is 0 Å². The van der Waals surface area contributed by atoms with Gasteiger partial charge in [0.2, 0.25) is 5.91 Å². The van der Waals surface area contributed by atoms with Crippen LogP contribution in [0.1, 0.15) is 34.3 Å². The van der Waals surface area contributed by atoms with Crippen LogP contribution in [0, 0.1) is 13.8 Å². The highest BCUT2D eigenvalue weighted by molar-refractivity contribution is 6.01. The number of amides is 2. The maximum atomic E-state index is 12.3. The van der Waals surface area contributed by atoms with Crippen LogP contribution in [0.4, 0.5) is 11.4 Å². The molecule has 3 N–H and O–H groups in total. The number of carbonyl (C=O) groups is 2. The van der Waals surface area contributed by atoms with Gasteiger partial charge in [0.1, 0.15) is 0 Å². The predicted molar refractivity (Wildman–Crippen MR) is 100.0 cm³/mol. The zero-order chi connectivity index (χ0) is 17.8. The Morgan fingerprint density at radius 2 is 1.68 bits per heavy atom. The third-order valence-electron chi connectivity index (χ3n) is 4.27. The molecule has 5 heteroatoms. The first kappa shape index (κ1) is 17.0. The van der Waals surface area contributed by atoms with Crippen molar-refractivity contribution in [3.05, 3.63) is 59.2 Å². The van der Waals surface area contributed by atoms with Gasteiger partial charge in [-0.1, -0.05) is 30.3 Å². The van der Waals surface area contributed by atoms with Gasteiger partial charge in [-0.15, -0.1) is 0 Å². The van der Waals surface area contributed by atoms with Gasteiger partial charge in [0.15, 0.2) is 0 Å². The van der Waals surface area contributed by atoms with Gasteiger partial charge >= 0.3 is 0 Å². The van der Waals surface area contributed by atoms with Gasteiger partial charge in [0.05, 0.1) is 12.1 Å². The first-order valence-corrected chi connectivity index (χ1v) is 8.54. The Balaban J connectivity index is 1.63. The van der Waals surface area contributed by atoms with Crippen molar-refractivity contribution in [2.75, 3.05) is 17.2 Å². The Hall–Kier alpha value is -2.82. The maximum absolute atomic E-state index is 12.3. The molecule has 25 heavy (non-hydrogen) atoms. The Morgan fingerprint density at radius 3 is 2.36 bits per heavy atom. The average Bonchev–Trinajstić information content (AvgIpc) is 3.40. The van der Waals surface area contributed by atoms with Crippen molar-refractivity contribution in [2.45, 2.75) is 32.7 Å². The molecule has 2 aromatic carbocycles. The number of rotatable bonds is 6. The number of aryl methyl sites for hydroxylation is 2. The predicted octanol–water partition coefficient (Wildman–Crippen LogP) is 3.25. The standard InChI is InChI=1S/C20H23N3O2/c1-13-6-5-7-14(2)19(13)23-18(24)12-21-17-9-4-3-8-16(17)20(25)22-15-10-11-15/h3-9,15,21H,10-12H2,1-2H3,(H,22,25)(H,23,24). The van der Waals surface area contributed by atoms with Crippen LogP contribution in [0.3, 0.4) is 0 Å². The number of benzene rings is 2. The number of nitrogens with one attached hydrogen (secondary N) is 3. The van der Waals surface area contributed by atoms with E-state index in [4.69, 9.17) is 0 Å². The average molecular weight is 337 g/mol. The number of hydrogen-bond donors (Lipinski definition) is 3. The normalized spacial score (nSPS) is 13.2. The maximum Gasteiger partial charge on any atom is 0.253 e. The van der Waals surface area contributed by atoms with Crippen LogP contribution in [0.5, 0.6) is 0 Å². The summed E-state index contributed by atoms with van der Waals surface area (Å²) >= 11 is 0. The van der Waals surface area contributed by atoms with E-state index in [-0.39, 0.29) is 18.4 Å². The monoisotopic (exact) mass is 337 g/mol. The molecule has 0 spiro atoms. The number of hydrogen-bond acceptors (Lipinski definition) is 3. The smallest absolute Gasteiger partial charge is 0.253 e. The van der Waals surface area contributed by atoms with E-state index in [0.717, 1.165) is 29.7 Å². The highest BCUT2D eigenvalue weighted by Gasteiger charge is 2.24. The minimum absolute atomic E-state index is 0.0965. The lowest BCUT2D eigenvalue weighted by atomic mass is 10.1. The van der Waals surface area contributed by atoms with Crippen molar-refractivity contribution in [1.82, 2.24) is 5.32 Å². The molecule has 1 saturated carbocycles. The van der Waals surface area contributed by atoms with Crippen molar-refractivity contribution >= 4 is 23.2 Å². The van der Waals surface area contributed by atoms with Crippen LogP contribution in [-0.4, -0.2) is 24.4 Å². The molecule has 0 saturated heterocycles. The second-order valence-corrected chi connectivity index (χ2v) is 6.46. The molecule has 3 rings (SSSR count). The number of para-hydroxylation sites is 2. The Labute approximate surface area is 147 Å². The third kappa shape index (κ3) is 4.38. The quantitative estimate of drug-likeness (QED) is 0.758. The highest BCUT2D eigenvalue weighted by atomic mass is 16.2. The van der Waals surface area contributed by atoms with Gasteiger partial charge in [-0.25, -0.2) is 0 Å². The molecule has 1 aliphatic rings. The largest absolute Gasteiger partial charge is 0.376 e. The number of anilines is 2. The molecule has 5 nitrogen and oxygen atoms in total. The third-order valence-corrected chi connectivity index (χ3v) is 4.27. The molecule has 2 amide bonds. The lowest BCUT2D eigenvalue weighted by Gasteiger charge is -2.14. The second-order valence-electron chi connectivity index (χ2n) is 6.46. The molecule has 130 valence electrons. The fourth-order valence-corrected chi connectivity index (χ4v) is 2.70. The Morgan fingerprint density at radius 1 is 1.00 bits per heavy atom. The van der Waals surface area contributed by atoms with Crippen molar-refractivity contribution in [3.8, 4) is 0 Å². The van der Waals surface area contributed by atoms with Crippen molar-refractivity contribution < 1.29 is 9.59 Å². The molecule has 1 fully saturated rings. The fourth-order valence-electron chi connectivity index (χ4n) is 2.70. The SMILES string of the molecule is Cc1cccc(C)c1NC(=O)CNc1ccccc1C(=O)NC1CC1. The molecule has 0 heterocycles. The van der Waals surface area contributed by atoms with Gasteiger partial charge in [-0.05, 0) is 49.9 Å². The van der Waals surface area contributed by atoms with Crippen LogP contribution in [-0.2, 0) is 4.79 Å². The highest BCUT2D eigenvalue weighted by Crippen LogP contribution is 2.22. The van der Waals surface area contributed by atoms with Gasteiger partial charge in [-0.3, -0.25) is 9.59 Å². The summed E-state index contributed by atoms with van der Waals surface area (Å²) in [7, 11) is 0. The molecule has 0 aromatic heterocycles. The van der Waals surface area contributed by atoms with E-state index >= 15 is 0 Å². The molecule has 1 aliphatic carbocycles. The number of carbonyl (C=O) groups excluding carboxylic acids is 2. The minimum Gasteiger partial charge on any atom is -0.376 e. The summed E-state index contributed by atoms with van der Waals surface area (Å²) in [6.45, 7) is 4.03. The van der Waals surface area contributed by atoms with E-state index in [1.54, 1.807) is 6.07 Å². The summed E-state index contributed by atoms with van der Waals surface area (Å²) < 4.78 is 0. The summed E-state index contributed by atoms with van der Waals surface area (Å²) in [4.78, 5) is 24.6. The van der Waals surface area contributed by atoms with E-state index in [1.165, 1.54) is 0 Å². The van der Waals surface area contributed by atoms with Gasteiger partial charge in [0.25, 0.3) is 5.91 Å². The van der Waals surface area contributed by atoms with Crippen molar-refractivity contribution in [3.63, 3.8) is 0 Å². The lowest BCUT2D eigenvalue weighted by molar-refractivity contribution is -0.114. The van der Waals surface area contributed by atoms with Crippen LogP contribution >= 0.6 is 0 Å². The molecule has 0 radical (unpaired) electrons. The zero-order valence-corrected chi connectivity index (χ0v) is 14.6. The molecule has 2 aromatic rings. The summed E-state index contributed by atoms with van der Waals surface area (Å²) in [6.07, 6.45) is 2.08. The Bertz CT molecular complexity index is 777. The van der Waals surface area contributed by atoms with Gasteiger partial charge < -0.3 is 16.0 Å². The zero-order valence-electron chi connectivity index (χ0n) is 14.6. The van der Waals surface area contributed by atoms with Crippen molar-refractivity contribution in [1.29, 1.82) is 0 Å². The first-order valence-electron chi connectivity index (χ1n) is 8.54. The fraction of sp³-hybridized carbons (Fsp3) is 0.300. The van der Waals surface area contributed by atoms with Crippen LogP contribution in [0.15, 0.2) is 42.5 Å².